The monoisotopic (exact) mass is 797 g/mol. The Morgan fingerprint density at radius 1 is 0.667 bits per heavy atom. The van der Waals surface area contributed by atoms with Gasteiger partial charge in [-0.05, 0) is 81.9 Å². The average molecular weight is 798 g/mol. The molecule has 0 bridgehead atoms. The highest BCUT2D eigenvalue weighted by molar-refractivity contribution is 14.2. The molecule has 10 heteroatoms. The van der Waals surface area contributed by atoms with Crippen LogP contribution in [0.1, 0.15) is 14.9 Å². The summed E-state index contributed by atoms with van der Waals surface area (Å²) in [4.78, 5) is 0. The fourth-order valence-electron chi connectivity index (χ4n) is 2.16. The lowest BCUT2D eigenvalue weighted by atomic mass is 10.7. The number of hydrogen-bond donors (Lipinski definition) is 0. The van der Waals surface area contributed by atoms with Crippen molar-refractivity contribution in [3.63, 3.8) is 0 Å². The van der Waals surface area contributed by atoms with Crippen molar-refractivity contribution < 1.29 is 0 Å². The van der Waals surface area contributed by atoms with E-state index in [1.807, 2.05) is 45.3 Å². The normalized spacial score (nSPS) is 10.6. The Balaban J connectivity index is 0.000000496. The number of nitrogens with zero attached hydrogens (tertiary/aromatic N) is 1. The summed E-state index contributed by atoms with van der Waals surface area (Å²) < 4.78 is 8.30. The van der Waals surface area contributed by atoms with Gasteiger partial charge in [-0.15, -0.1) is 67.1 Å². The Hall–Kier alpha value is 1.30. The highest BCUT2D eigenvalue weighted by Crippen LogP contribution is 2.45. The van der Waals surface area contributed by atoms with E-state index < -0.39 is 5.57 Å². The van der Waals surface area contributed by atoms with Crippen LogP contribution in [0.4, 0.5) is 0 Å². The van der Waals surface area contributed by atoms with Crippen molar-refractivity contribution in [1.82, 2.24) is 4.67 Å². The van der Waals surface area contributed by atoms with E-state index in [2.05, 4.69) is 152 Å². The second-order valence-electron chi connectivity index (χ2n) is 7.31. The quantitative estimate of drug-likeness (QED) is 0.0842. The molecule has 1 nitrogen and oxygen atoms in total. The molecule has 4 rings (SSSR count). The molecule has 0 fully saturated rings. The molecular weight excluding hydrogens is 762 g/mol. The first kappa shape index (κ1) is 34.3. The van der Waals surface area contributed by atoms with Gasteiger partial charge < -0.3 is 0 Å². The van der Waals surface area contributed by atoms with Crippen molar-refractivity contribution in [2.45, 2.75) is 34.5 Å². The van der Waals surface area contributed by atoms with Crippen molar-refractivity contribution in [3.05, 3.63) is 70.1 Å². The zero-order chi connectivity index (χ0) is 22.9. The summed E-state index contributed by atoms with van der Waals surface area (Å²) in [5.74, 6) is 0. The Bertz CT molecular complexity index is 865. The van der Waals surface area contributed by atoms with Crippen LogP contribution in [-0.4, -0.2) is 24.3 Å². The van der Waals surface area contributed by atoms with Gasteiger partial charge in [0, 0.05) is 32.1 Å². The minimum absolute atomic E-state index is 0. The van der Waals surface area contributed by atoms with Crippen molar-refractivity contribution in [2.24, 2.45) is 0 Å². The molecule has 0 spiro atoms. The molecule has 33 heavy (non-hydrogen) atoms. The largest absolute Gasteiger partial charge is 0.280 e. The van der Waals surface area contributed by atoms with Crippen LogP contribution in [0.2, 0.25) is 19.6 Å². The second kappa shape index (κ2) is 17.7. The van der Waals surface area contributed by atoms with Gasteiger partial charge in [0.2, 0.25) is 0 Å². The molecule has 0 aliphatic heterocycles. The van der Waals surface area contributed by atoms with Crippen LogP contribution >= 0.6 is 103 Å². The third-order valence-corrected chi connectivity index (χ3v) is 17.4. The summed E-state index contributed by atoms with van der Waals surface area (Å²) in [6, 6.07) is 17.4. The zero-order valence-corrected chi connectivity index (χ0v) is 28.5. The molecule has 184 valence electrons. The van der Waals surface area contributed by atoms with Gasteiger partial charge in [-0.1, -0.05) is 58.8 Å². The maximum Gasteiger partial charge on any atom is 0.116 e. The summed E-state index contributed by atoms with van der Waals surface area (Å²) in [6.07, 6.45) is 0. The highest BCUT2D eigenvalue weighted by Gasteiger charge is 2.18. The third kappa shape index (κ3) is 13.4. The Labute approximate surface area is 247 Å². The van der Waals surface area contributed by atoms with E-state index in [0.29, 0.717) is 0 Å². The van der Waals surface area contributed by atoms with Gasteiger partial charge in [0.1, 0.15) is 5.57 Å². The molecule has 0 aromatic carbocycles. The van der Waals surface area contributed by atoms with Gasteiger partial charge in [0.25, 0.3) is 0 Å². The minimum Gasteiger partial charge on any atom is -0.280 e. The minimum atomic E-state index is -0.641. The molecule has 4 aromatic heterocycles. The van der Waals surface area contributed by atoms with Crippen LogP contribution in [0.5, 0.6) is 0 Å². The first-order chi connectivity index (χ1) is 14.7. The molecule has 0 N–H and O–H groups in total. The van der Waals surface area contributed by atoms with Gasteiger partial charge in [0.15, 0.2) is 0 Å². The summed E-state index contributed by atoms with van der Waals surface area (Å²) >= 11 is 12.5. The molecule has 0 amide bonds. The maximum absolute atomic E-state index is 2.55. The molecule has 0 aliphatic carbocycles. The molecule has 4 aromatic rings. The fourth-order valence-corrected chi connectivity index (χ4v) is 13.9. The standard InChI is InChI=1S/C10H12NPS2.C8H6IPS2.C3H9ISi.2CH4/c1-11(2)12(9-5-3-7-13-9)10-6-4-8-14-10;9-10(7-3-1-5-11-7)8-4-2-6-12-8;1-5(2,3)4;;/h3-8H,1-2H3;1-6H;1-3H3;2*1H4. The lowest BCUT2D eigenvalue weighted by Crippen LogP contribution is -2.18. The van der Waals surface area contributed by atoms with Crippen LogP contribution in [0.25, 0.3) is 0 Å². The van der Waals surface area contributed by atoms with E-state index in [-0.39, 0.29) is 28.5 Å². The van der Waals surface area contributed by atoms with Gasteiger partial charge in [-0.25, -0.2) is 0 Å². The van der Waals surface area contributed by atoms with Gasteiger partial charge in [0.05, 0.1) is 0 Å². The topological polar surface area (TPSA) is 3.24 Å². The Morgan fingerprint density at radius 2 is 0.939 bits per heavy atom. The van der Waals surface area contributed by atoms with E-state index >= 15 is 0 Å². The van der Waals surface area contributed by atoms with E-state index in [0.717, 1.165) is 0 Å². The number of halogens is 2. The van der Waals surface area contributed by atoms with Crippen LogP contribution < -0.4 is 18.5 Å². The number of rotatable bonds is 5. The lowest BCUT2D eigenvalue weighted by Gasteiger charge is -2.21. The van der Waals surface area contributed by atoms with E-state index in [4.69, 9.17) is 0 Å². The van der Waals surface area contributed by atoms with Crippen LogP contribution in [0.15, 0.2) is 70.1 Å². The van der Waals surface area contributed by atoms with Crippen LogP contribution in [-0.2, 0) is 0 Å². The molecule has 0 unspecified atom stereocenters. The molecule has 0 aliphatic rings. The predicted molar refractivity (Wildman–Crippen MR) is 188 cm³/mol. The first-order valence-electron chi connectivity index (χ1n) is 9.43. The van der Waals surface area contributed by atoms with Crippen LogP contribution in [0.3, 0.4) is 0 Å². The zero-order valence-electron chi connectivity index (χ0n) is 18.2. The van der Waals surface area contributed by atoms with Gasteiger partial charge >= 0.3 is 0 Å². The Kier molecular flexibility index (Phi) is 18.4. The lowest BCUT2D eigenvalue weighted by molar-refractivity contribution is 0.690. The molecule has 0 radical (unpaired) electrons. The van der Waals surface area contributed by atoms with E-state index in [1.165, 1.54) is 18.5 Å². The SMILES string of the molecule is C.C.CN(C)P(c1cccs1)c1cccs1.C[Si](C)(C)I.IP(c1cccs1)c1cccs1. The smallest absolute Gasteiger partial charge is 0.116 e. The van der Waals surface area contributed by atoms with Crippen LogP contribution in [0, 0.1) is 0 Å². The number of hydrogen-bond acceptors (Lipinski definition) is 5. The van der Waals surface area contributed by atoms with Crippen molar-refractivity contribution in [1.29, 1.82) is 0 Å². The van der Waals surface area contributed by atoms with Crippen molar-refractivity contribution in [3.8, 4) is 0 Å². The van der Waals surface area contributed by atoms with E-state index in [1.54, 1.807) is 0 Å². The molecule has 0 saturated carbocycles. The van der Waals surface area contributed by atoms with Gasteiger partial charge in [-0.2, -0.15) is 0 Å². The maximum atomic E-state index is 2.55. The molecule has 4 heterocycles. The summed E-state index contributed by atoms with van der Waals surface area (Å²) in [6.45, 7) is 6.94. The van der Waals surface area contributed by atoms with E-state index in [9.17, 15) is 0 Å². The second-order valence-corrected chi connectivity index (χ2v) is 33.0. The molecule has 0 atom stereocenters. The third-order valence-electron chi connectivity index (χ3n) is 3.23. The summed E-state index contributed by atoms with van der Waals surface area (Å²) in [5, 5.41) is 8.61. The van der Waals surface area contributed by atoms with Crippen molar-refractivity contribution in [2.75, 3.05) is 14.1 Å². The average Bonchev–Trinajstić information content (AvgIpc) is 3.50. The molecule has 0 saturated heterocycles. The first-order valence-corrected chi connectivity index (χ1v) is 25.0. The van der Waals surface area contributed by atoms with Gasteiger partial charge in [-0.3, -0.25) is 4.67 Å². The highest BCUT2D eigenvalue weighted by atomic mass is 127. The fraction of sp³-hybridized carbons (Fsp3) is 0.304. The Morgan fingerprint density at radius 3 is 1.15 bits per heavy atom. The summed E-state index contributed by atoms with van der Waals surface area (Å²) in [7, 11) is 4.05. The summed E-state index contributed by atoms with van der Waals surface area (Å²) in [5.41, 5.74) is -0.731. The van der Waals surface area contributed by atoms with Crippen molar-refractivity contribution >= 4 is 127 Å². The molecular formula is C23H35I2NP2S4Si. The predicted octanol–water partition coefficient (Wildman–Crippen LogP) is 9.84. The number of thiophene rings is 4.